The number of thioether (sulfide) groups is 1. The van der Waals surface area contributed by atoms with Gasteiger partial charge in [0.15, 0.2) is 0 Å². The van der Waals surface area contributed by atoms with Crippen LogP contribution in [0.3, 0.4) is 0 Å². The minimum atomic E-state index is 1.12. The van der Waals surface area contributed by atoms with E-state index in [1.54, 1.807) is 11.8 Å². The molecule has 1 aromatic carbocycles. The maximum absolute atomic E-state index is 3.90. The van der Waals surface area contributed by atoms with E-state index < -0.39 is 0 Å². The highest BCUT2D eigenvalue weighted by atomic mass is 32.2. The van der Waals surface area contributed by atoms with E-state index in [2.05, 4.69) is 42.6 Å². The number of nitrogens with one attached hydrogen (secondary N) is 1. The molecule has 0 bridgehead atoms. The zero-order chi connectivity index (χ0) is 12.3. The molecule has 1 nitrogen and oxygen atoms in total. The van der Waals surface area contributed by atoms with Crippen LogP contribution in [0.15, 0.2) is 48.6 Å². The van der Waals surface area contributed by atoms with Crippen molar-refractivity contribution in [2.24, 2.45) is 0 Å². The third kappa shape index (κ3) is 2.08. The molecule has 0 unspecified atom stereocenters. The average molecular weight is 241 g/mol. The van der Waals surface area contributed by atoms with E-state index >= 15 is 0 Å². The summed E-state index contributed by atoms with van der Waals surface area (Å²) < 4.78 is 0. The molecular formula is C15H15NS. The van der Waals surface area contributed by atoms with Gasteiger partial charge in [-0.25, -0.2) is 0 Å². The van der Waals surface area contributed by atoms with Crippen LogP contribution in [0.25, 0.3) is 23.3 Å². The summed E-state index contributed by atoms with van der Waals surface area (Å²) in [6.07, 6.45) is 9.89. The topological polar surface area (TPSA) is 15.8 Å². The Bertz CT molecular complexity index is 552. The van der Waals surface area contributed by atoms with Crippen LogP contribution in [0.5, 0.6) is 0 Å². The lowest BCUT2D eigenvalue weighted by Crippen LogP contribution is -1.86. The van der Waals surface area contributed by atoms with Crippen molar-refractivity contribution in [3.8, 4) is 11.1 Å². The summed E-state index contributed by atoms with van der Waals surface area (Å²) in [5.41, 5.74) is 4.67. The number of aromatic nitrogens is 1. The fourth-order valence-corrected chi connectivity index (χ4v) is 2.53. The van der Waals surface area contributed by atoms with Crippen molar-refractivity contribution >= 4 is 23.9 Å². The first-order chi connectivity index (χ1) is 8.31. The summed E-state index contributed by atoms with van der Waals surface area (Å²) in [4.78, 5) is 4.40. The summed E-state index contributed by atoms with van der Waals surface area (Å²) in [7, 11) is 0. The maximum atomic E-state index is 3.90. The van der Waals surface area contributed by atoms with E-state index in [-0.39, 0.29) is 0 Å². The van der Waals surface area contributed by atoms with Gasteiger partial charge in [-0.2, -0.15) is 0 Å². The summed E-state index contributed by atoms with van der Waals surface area (Å²) >= 11 is 1.74. The van der Waals surface area contributed by atoms with Crippen LogP contribution < -0.4 is 0 Å². The smallest absolute Gasteiger partial charge is 0.0323 e. The van der Waals surface area contributed by atoms with E-state index in [0.717, 1.165) is 11.1 Å². The SMILES string of the molecule is C=Cc1cccc(-c2c[nH]cc2SC)c1C=C. The minimum absolute atomic E-state index is 1.12. The molecule has 0 amide bonds. The van der Waals surface area contributed by atoms with Gasteiger partial charge in [0, 0.05) is 22.9 Å². The molecule has 2 aromatic rings. The molecule has 2 heteroatoms. The first-order valence-corrected chi connectivity index (χ1v) is 6.63. The lowest BCUT2D eigenvalue weighted by molar-refractivity contribution is 1.38. The van der Waals surface area contributed by atoms with Crippen LogP contribution in [-0.4, -0.2) is 11.2 Å². The molecule has 86 valence electrons. The molecule has 1 aromatic heterocycles. The summed E-state index contributed by atoms with van der Waals surface area (Å²) in [6.45, 7) is 7.74. The predicted molar refractivity (Wildman–Crippen MR) is 78.2 cm³/mol. The van der Waals surface area contributed by atoms with E-state index in [9.17, 15) is 0 Å². The van der Waals surface area contributed by atoms with Crippen molar-refractivity contribution in [3.05, 3.63) is 54.9 Å². The second-order valence-corrected chi connectivity index (χ2v) is 4.50. The van der Waals surface area contributed by atoms with Crippen LogP contribution in [0.1, 0.15) is 11.1 Å². The molecule has 1 heterocycles. The summed E-state index contributed by atoms with van der Waals surface area (Å²) in [5, 5.41) is 0. The molecule has 0 aliphatic heterocycles. The molecule has 0 aliphatic carbocycles. The molecule has 2 rings (SSSR count). The minimum Gasteiger partial charge on any atom is -0.366 e. The predicted octanol–water partition coefficient (Wildman–Crippen LogP) is 4.69. The van der Waals surface area contributed by atoms with E-state index in [4.69, 9.17) is 0 Å². The molecule has 0 spiro atoms. The van der Waals surface area contributed by atoms with Crippen LogP contribution >= 0.6 is 11.8 Å². The Hall–Kier alpha value is -1.67. The van der Waals surface area contributed by atoms with Crippen LogP contribution in [0.4, 0.5) is 0 Å². The van der Waals surface area contributed by atoms with Crippen molar-refractivity contribution in [2.45, 2.75) is 4.90 Å². The highest BCUT2D eigenvalue weighted by Crippen LogP contribution is 2.34. The molecule has 0 atom stereocenters. The Morgan fingerprint density at radius 1 is 1.12 bits per heavy atom. The number of H-pyrrole nitrogens is 1. The Labute approximate surface area is 106 Å². The van der Waals surface area contributed by atoms with E-state index in [0.29, 0.717) is 0 Å². The largest absolute Gasteiger partial charge is 0.366 e. The van der Waals surface area contributed by atoms with Gasteiger partial charge in [0.2, 0.25) is 0 Å². The van der Waals surface area contributed by atoms with Gasteiger partial charge >= 0.3 is 0 Å². The zero-order valence-electron chi connectivity index (χ0n) is 9.86. The Kier molecular flexibility index (Phi) is 3.55. The molecule has 0 saturated heterocycles. The number of benzene rings is 1. The van der Waals surface area contributed by atoms with Crippen molar-refractivity contribution < 1.29 is 0 Å². The zero-order valence-corrected chi connectivity index (χ0v) is 10.7. The van der Waals surface area contributed by atoms with Crippen molar-refractivity contribution in [1.82, 2.24) is 4.98 Å². The fourth-order valence-electron chi connectivity index (χ4n) is 1.95. The summed E-state index contributed by atoms with van der Waals surface area (Å²) in [6, 6.07) is 6.22. The molecule has 0 saturated carbocycles. The number of hydrogen-bond donors (Lipinski definition) is 1. The van der Waals surface area contributed by atoms with Gasteiger partial charge in [-0.15, -0.1) is 11.8 Å². The first kappa shape index (κ1) is 11.8. The quantitative estimate of drug-likeness (QED) is 0.768. The standard InChI is InChI=1S/C15H15NS/c1-4-11-7-6-8-13(12(11)5-2)14-9-16-10-15(14)17-3/h4-10,16H,1-2H2,3H3. The molecule has 0 fully saturated rings. The van der Waals surface area contributed by atoms with Gasteiger partial charge in [-0.05, 0) is 22.9 Å². The highest BCUT2D eigenvalue weighted by molar-refractivity contribution is 7.98. The monoisotopic (exact) mass is 241 g/mol. The van der Waals surface area contributed by atoms with Gasteiger partial charge in [0.25, 0.3) is 0 Å². The van der Waals surface area contributed by atoms with Gasteiger partial charge in [0.1, 0.15) is 0 Å². The molecular weight excluding hydrogens is 226 g/mol. The van der Waals surface area contributed by atoms with Gasteiger partial charge < -0.3 is 4.98 Å². The third-order valence-electron chi connectivity index (χ3n) is 2.78. The van der Waals surface area contributed by atoms with Crippen molar-refractivity contribution in [3.63, 3.8) is 0 Å². The number of hydrogen-bond acceptors (Lipinski definition) is 1. The Balaban J connectivity index is 2.67. The van der Waals surface area contributed by atoms with Crippen molar-refractivity contribution in [1.29, 1.82) is 0 Å². The average Bonchev–Trinajstić information content (AvgIpc) is 2.85. The van der Waals surface area contributed by atoms with Gasteiger partial charge in [-0.3, -0.25) is 0 Å². The van der Waals surface area contributed by atoms with Crippen LogP contribution in [0.2, 0.25) is 0 Å². The third-order valence-corrected chi connectivity index (χ3v) is 3.56. The van der Waals surface area contributed by atoms with E-state index in [1.807, 2.05) is 24.5 Å². The molecule has 17 heavy (non-hydrogen) atoms. The lowest BCUT2D eigenvalue weighted by Gasteiger charge is -2.09. The van der Waals surface area contributed by atoms with E-state index in [1.165, 1.54) is 16.0 Å². The summed E-state index contributed by atoms with van der Waals surface area (Å²) in [5.74, 6) is 0. The number of aromatic amines is 1. The highest BCUT2D eigenvalue weighted by Gasteiger charge is 2.10. The Morgan fingerprint density at radius 2 is 1.94 bits per heavy atom. The maximum Gasteiger partial charge on any atom is 0.0323 e. The molecule has 0 aliphatic rings. The number of rotatable bonds is 4. The Morgan fingerprint density at radius 3 is 2.59 bits per heavy atom. The lowest BCUT2D eigenvalue weighted by atomic mass is 9.97. The molecule has 0 radical (unpaired) electrons. The van der Waals surface area contributed by atoms with Gasteiger partial charge in [-0.1, -0.05) is 43.5 Å². The van der Waals surface area contributed by atoms with Gasteiger partial charge in [0.05, 0.1) is 0 Å². The first-order valence-electron chi connectivity index (χ1n) is 5.40. The van der Waals surface area contributed by atoms with Crippen LogP contribution in [-0.2, 0) is 0 Å². The second kappa shape index (κ2) is 5.11. The van der Waals surface area contributed by atoms with Crippen LogP contribution in [0, 0.1) is 0 Å². The fraction of sp³-hybridized carbons (Fsp3) is 0.0667. The normalized spacial score (nSPS) is 10.2. The van der Waals surface area contributed by atoms with Crippen molar-refractivity contribution in [2.75, 3.05) is 6.26 Å². The molecule has 1 N–H and O–H groups in total. The second-order valence-electron chi connectivity index (χ2n) is 3.65.